The summed E-state index contributed by atoms with van der Waals surface area (Å²) in [7, 11) is 5.41. The summed E-state index contributed by atoms with van der Waals surface area (Å²) in [6.45, 7) is 4.45. The summed E-state index contributed by atoms with van der Waals surface area (Å²) in [5.41, 5.74) is 0. The minimum absolute atomic E-state index is 0.0365. The molecule has 0 N–H and O–H groups in total. The van der Waals surface area contributed by atoms with Crippen LogP contribution in [0.5, 0.6) is 0 Å². The number of carboxylic acids is 1. The zero-order valence-corrected chi connectivity index (χ0v) is 40.1. The first kappa shape index (κ1) is 58.0. The van der Waals surface area contributed by atoms with Crippen LogP contribution in [-0.4, -0.2) is 75.5 Å². The molecule has 0 aliphatic rings. The third-order valence-corrected chi connectivity index (χ3v) is 10.9. The van der Waals surface area contributed by atoms with E-state index in [0.29, 0.717) is 12.8 Å². The maximum atomic E-state index is 12.7. The summed E-state index contributed by atoms with van der Waals surface area (Å²) in [6.07, 6.45) is 54.0. The molecule has 0 bridgehead atoms. The Labute approximate surface area is 375 Å². The molecule has 0 saturated heterocycles. The molecule has 0 aromatic rings. The minimum atomic E-state index is -1.13. The summed E-state index contributed by atoms with van der Waals surface area (Å²) in [5, 5.41) is 11.6. The molecular weight excluding hydrogens is 763 g/mol. The van der Waals surface area contributed by atoms with Crippen molar-refractivity contribution in [2.24, 2.45) is 0 Å². The van der Waals surface area contributed by atoms with Crippen LogP contribution in [0.2, 0.25) is 0 Å². The smallest absolute Gasteiger partial charge is 0.306 e. The van der Waals surface area contributed by atoms with E-state index in [1.165, 1.54) is 96.3 Å². The van der Waals surface area contributed by atoms with Gasteiger partial charge in [0.1, 0.15) is 12.6 Å². The molecule has 0 saturated carbocycles. The van der Waals surface area contributed by atoms with E-state index in [-0.39, 0.29) is 42.7 Å². The average Bonchev–Trinajstić information content (AvgIpc) is 3.22. The van der Waals surface area contributed by atoms with Crippen LogP contribution in [0.3, 0.4) is 0 Å². The number of ether oxygens (including phenoxy) is 3. The number of carbonyl (C=O) groups excluding carboxylic acids is 3. The molecule has 8 nitrogen and oxygen atoms in total. The van der Waals surface area contributed by atoms with E-state index >= 15 is 0 Å². The minimum Gasteiger partial charge on any atom is -0.544 e. The fraction of sp³-hybridized carbons (Fsp3) is 0.755. The molecule has 61 heavy (non-hydrogen) atoms. The van der Waals surface area contributed by atoms with E-state index in [4.69, 9.17) is 14.2 Å². The third kappa shape index (κ3) is 42.1. The molecule has 0 spiro atoms. The van der Waals surface area contributed by atoms with Crippen molar-refractivity contribution in [2.75, 3.05) is 41.0 Å². The number of rotatable bonds is 44. The summed E-state index contributed by atoms with van der Waals surface area (Å²) in [5.74, 6) is -1.74. The van der Waals surface area contributed by atoms with E-state index in [0.717, 1.165) is 77.0 Å². The van der Waals surface area contributed by atoms with Gasteiger partial charge in [-0.2, -0.15) is 0 Å². The first-order valence-corrected chi connectivity index (χ1v) is 24.8. The van der Waals surface area contributed by atoms with E-state index in [9.17, 15) is 19.5 Å². The largest absolute Gasteiger partial charge is 0.544 e. The lowest BCUT2D eigenvalue weighted by atomic mass is 10.0. The number of esters is 2. The molecule has 0 aliphatic carbocycles. The van der Waals surface area contributed by atoms with Crippen molar-refractivity contribution >= 4 is 17.9 Å². The van der Waals surface area contributed by atoms with Crippen LogP contribution in [0.4, 0.5) is 0 Å². The van der Waals surface area contributed by atoms with E-state index < -0.39 is 18.1 Å². The standard InChI is InChI=1S/C53H93NO7/c1-6-8-10-12-14-16-18-20-22-23-24-25-26-27-28-29-30-32-33-35-37-39-41-43-51(55)60-48-49(47-59-46-45-50(53(57)58)54(3,4)5)61-52(56)44-42-40-38-36-34-31-21-19-17-15-13-11-9-7-2/h8-11,14-17,20,22,49-50H,6-7,12-13,18-19,21,23-48H2,1-5H3/b10-8+,11-9+,16-14+,17-15+,22-20+. The monoisotopic (exact) mass is 856 g/mol. The zero-order valence-electron chi connectivity index (χ0n) is 40.1. The van der Waals surface area contributed by atoms with Gasteiger partial charge in [-0.15, -0.1) is 0 Å². The van der Waals surface area contributed by atoms with Crippen LogP contribution < -0.4 is 5.11 Å². The van der Waals surface area contributed by atoms with Crippen molar-refractivity contribution in [2.45, 2.75) is 219 Å². The van der Waals surface area contributed by atoms with Crippen molar-refractivity contribution in [3.8, 4) is 0 Å². The predicted molar refractivity (Wildman–Crippen MR) is 254 cm³/mol. The van der Waals surface area contributed by atoms with Crippen LogP contribution >= 0.6 is 0 Å². The van der Waals surface area contributed by atoms with Gasteiger partial charge in [-0.3, -0.25) is 9.59 Å². The Morgan fingerprint density at radius 2 is 0.869 bits per heavy atom. The summed E-state index contributed by atoms with van der Waals surface area (Å²) in [4.78, 5) is 37.0. The highest BCUT2D eigenvalue weighted by Crippen LogP contribution is 2.15. The summed E-state index contributed by atoms with van der Waals surface area (Å²) < 4.78 is 17.2. The van der Waals surface area contributed by atoms with Crippen LogP contribution in [0, 0.1) is 0 Å². The number of unbranched alkanes of at least 4 members (excludes halogenated alkanes) is 20. The van der Waals surface area contributed by atoms with Gasteiger partial charge >= 0.3 is 11.9 Å². The second kappa shape index (κ2) is 43.7. The Morgan fingerprint density at radius 3 is 1.28 bits per heavy atom. The Morgan fingerprint density at radius 1 is 0.492 bits per heavy atom. The number of quaternary nitrogens is 1. The van der Waals surface area contributed by atoms with Gasteiger partial charge in [-0.05, 0) is 70.6 Å². The Hall–Kier alpha value is -2.97. The first-order valence-electron chi connectivity index (χ1n) is 24.8. The van der Waals surface area contributed by atoms with Crippen molar-refractivity contribution < 1.29 is 38.2 Å². The first-order chi connectivity index (χ1) is 29.6. The molecule has 0 heterocycles. The lowest BCUT2D eigenvalue weighted by Gasteiger charge is -2.34. The number of hydrogen-bond acceptors (Lipinski definition) is 7. The Kier molecular flexibility index (Phi) is 41.5. The number of hydrogen-bond donors (Lipinski definition) is 0. The molecule has 2 atom stereocenters. The molecule has 0 aromatic carbocycles. The van der Waals surface area contributed by atoms with E-state index in [1.807, 2.05) is 0 Å². The van der Waals surface area contributed by atoms with Gasteiger partial charge in [0.05, 0.1) is 40.3 Å². The second-order valence-corrected chi connectivity index (χ2v) is 17.6. The molecule has 0 aliphatic heterocycles. The van der Waals surface area contributed by atoms with E-state index in [1.54, 1.807) is 21.1 Å². The van der Waals surface area contributed by atoms with Crippen molar-refractivity contribution in [1.82, 2.24) is 0 Å². The topological polar surface area (TPSA) is 102 Å². The molecule has 0 radical (unpaired) electrons. The Bertz CT molecular complexity index is 1180. The highest BCUT2D eigenvalue weighted by atomic mass is 16.6. The van der Waals surface area contributed by atoms with Crippen molar-refractivity contribution in [1.29, 1.82) is 0 Å². The van der Waals surface area contributed by atoms with Gasteiger partial charge in [-0.25, -0.2) is 0 Å². The Balaban J connectivity index is 4.20. The van der Waals surface area contributed by atoms with E-state index in [2.05, 4.69) is 74.6 Å². The lowest BCUT2D eigenvalue weighted by molar-refractivity contribution is -0.889. The summed E-state index contributed by atoms with van der Waals surface area (Å²) in [6, 6.07) is -0.728. The fourth-order valence-electron chi connectivity index (χ4n) is 7.12. The van der Waals surface area contributed by atoms with Crippen LogP contribution in [-0.2, 0) is 28.6 Å². The SMILES string of the molecule is CC/C=C/C/C=C/C/C=C/CCCCCCCCCCCCCCCC(=O)OCC(COCCC(C(=O)[O-])[N+](C)(C)C)OC(=O)CCCCCCCCC/C=C/C/C=C/CC. The quantitative estimate of drug-likeness (QED) is 0.0260. The zero-order chi connectivity index (χ0) is 44.9. The normalized spacial score (nSPS) is 13.4. The number of carbonyl (C=O) groups is 3. The van der Waals surface area contributed by atoms with Gasteiger partial charge in [0.25, 0.3) is 0 Å². The van der Waals surface area contributed by atoms with Crippen LogP contribution in [0.25, 0.3) is 0 Å². The maximum absolute atomic E-state index is 12.7. The molecule has 0 aromatic heterocycles. The highest BCUT2D eigenvalue weighted by Gasteiger charge is 2.25. The van der Waals surface area contributed by atoms with Crippen molar-refractivity contribution in [3.05, 3.63) is 60.8 Å². The predicted octanol–water partition coefficient (Wildman–Crippen LogP) is 12.8. The lowest BCUT2D eigenvalue weighted by Crippen LogP contribution is -2.55. The maximum Gasteiger partial charge on any atom is 0.306 e. The number of allylic oxidation sites excluding steroid dienone is 10. The summed E-state index contributed by atoms with van der Waals surface area (Å²) >= 11 is 0. The average molecular weight is 856 g/mol. The molecule has 8 heteroatoms. The van der Waals surface area contributed by atoms with Gasteiger partial charge < -0.3 is 28.6 Å². The van der Waals surface area contributed by atoms with Gasteiger partial charge in [-0.1, -0.05) is 177 Å². The van der Waals surface area contributed by atoms with Crippen LogP contribution in [0.15, 0.2) is 60.8 Å². The number of likely N-dealkylation sites (N-methyl/N-ethyl adjacent to an activating group) is 1. The van der Waals surface area contributed by atoms with Gasteiger partial charge in [0, 0.05) is 19.3 Å². The fourth-order valence-corrected chi connectivity index (χ4v) is 7.12. The van der Waals surface area contributed by atoms with Crippen LogP contribution in [0.1, 0.15) is 206 Å². The highest BCUT2D eigenvalue weighted by molar-refractivity contribution is 5.70. The number of aliphatic carboxylic acids is 1. The second-order valence-electron chi connectivity index (χ2n) is 17.6. The molecular formula is C53H93NO7. The molecule has 0 rings (SSSR count). The van der Waals surface area contributed by atoms with Gasteiger partial charge in [0.2, 0.25) is 0 Å². The number of nitrogens with zero attached hydrogens (tertiary/aromatic N) is 1. The van der Waals surface area contributed by atoms with Crippen molar-refractivity contribution in [3.63, 3.8) is 0 Å². The van der Waals surface area contributed by atoms with Gasteiger partial charge in [0.15, 0.2) is 6.10 Å². The molecule has 0 amide bonds. The molecule has 2 unspecified atom stereocenters. The molecule has 0 fully saturated rings. The number of carboxylic acid groups (broad SMARTS) is 1. The third-order valence-electron chi connectivity index (χ3n) is 10.9. The molecule has 352 valence electrons.